The summed E-state index contributed by atoms with van der Waals surface area (Å²) in [5.74, 6) is -0.463. The molecule has 0 atom stereocenters. The highest BCUT2D eigenvalue weighted by molar-refractivity contribution is 6.31. The van der Waals surface area contributed by atoms with Gasteiger partial charge in [0.1, 0.15) is 12.7 Å². The molecule has 0 saturated heterocycles. The Morgan fingerprint density at radius 3 is 2.37 bits per heavy atom. The standard InChI is InChI=1S/C21H23ClN6O2/c1-14-5-4-6-15(2)21(14)26-20(30)11-27(3)10-19(29)25-17-9-16(22)7-8-18(17)28-13-23-12-24-28/h4-9,12-13H,10-11H2,1-3H3,(H,25,29)(H,26,30). The van der Waals surface area contributed by atoms with Crippen molar-refractivity contribution in [2.75, 3.05) is 30.8 Å². The molecule has 156 valence electrons. The van der Waals surface area contributed by atoms with Crippen LogP contribution in [0, 0.1) is 13.8 Å². The van der Waals surface area contributed by atoms with Crippen LogP contribution < -0.4 is 10.6 Å². The highest BCUT2D eigenvalue weighted by Crippen LogP contribution is 2.24. The van der Waals surface area contributed by atoms with Crippen LogP contribution in [0.1, 0.15) is 11.1 Å². The Morgan fingerprint density at radius 2 is 1.73 bits per heavy atom. The van der Waals surface area contributed by atoms with E-state index in [-0.39, 0.29) is 24.9 Å². The molecule has 0 spiro atoms. The third kappa shape index (κ3) is 5.43. The minimum atomic E-state index is -0.277. The predicted molar refractivity (Wildman–Crippen MR) is 117 cm³/mol. The molecule has 30 heavy (non-hydrogen) atoms. The van der Waals surface area contributed by atoms with E-state index in [1.807, 2.05) is 32.0 Å². The van der Waals surface area contributed by atoms with Gasteiger partial charge in [-0.05, 0) is 50.2 Å². The molecule has 3 aromatic rings. The lowest BCUT2D eigenvalue weighted by atomic mass is 10.1. The maximum Gasteiger partial charge on any atom is 0.238 e. The minimum Gasteiger partial charge on any atom is -0.324 e. The number of nitrogens with one attached hydrogen (secondary N) is 2. The molecule has 9 heteroatoms. The van der Waals surface area contributed by atoms with Crippen molar-refractivity contribution < 1.29 is 9.59 Å². The first-order chi connectivity index (χ1) is 14.3. The van der Waals surface area contributed by atoms with Crippen molar-refractivity contribution in [3.05, 3.63) is 65.2 Å². The summed E-state index contributed by atoms with van der Waals surface area (Å²) in [7, 11) is 1.71. The molecule has 0 unspecified atom stereocenters. The summed E-state index contributed by atoms with van der Waals surface area (Å²) in [6.07, 6.45) is 2.94. The van der Waals surface area contributed by atoms with Gasteiger partial charge in [0.25, 0.3) is 0 Å². The zero-order valence-corrected chi connectivity index (χ0v) is 17.8. The number of hydrogen-bond acceptors (Lipinski definition) is 5. The number of anilines is 2. The molecule has 1 aromatic heterocycles. The number of likely N-dealkylation sites (N-methyl/N-ethyl adjacent to an activating group) is 1. The summed E-state index contributed by atoms with van der Waals surface area (Å²) in [4.78, 5) is 30.5. The Bertz CT molecular complexity index is 1030. The topological polar surface area (TPSA) is 92.2 Å². The van der Waals surface area contributed by atoms with Crippen LogP contribution in [0.25, 0.3) is 5.69 Å². The van der Waals surface area contributed by atoms with Crippen LogP contribution in [0.5, 0.6) is 0 Å². The van der Waals surface area contributed by atoms with Crippen molar-refractivity contribution in [2.45, 2.75) is 13.8 Å². The number of para-hydroxylation sites is 1. The van der Waals surface area contributed by atoms with E-state index in [9.17, 15) is 9.59 Å². The fourth-order valence-electron chi connectivity index (χ4n) is 3.07. The van der Waals surface area contributed by atoms with Gasteiger partial charge < -0.3 is 10.6 Å². The van der Waals surface area contributed by atoms with Crippen molar-refractivity contribution in [2.24, 2.45) is 0 Å². The van der Waals surface area contributed by atoms with Gasteiger partial charge in [0.05, 0.1) is 24.5 Å². The van der Waals surface area contributed by atoms with Crippen LogP contribution in [0.4, 0.5) is 11.4 Å². The lowest BCUT2D eigenvalue weighted by Gasteiger charge is -2.18. The van der Waals surface area contributed by atoms with Crippen LogP contribution in [-0.2, 0) is 9.59 Å². The van der Waals surface area contributed by atoms with E-state index in [0.717, 1.165) is 16.8 Å². The maximum absolute atomic E-state index is 12.5. The van der Waals surface area contributed by atoms with E-state index in [1.165, 1.54) is 17.3 Å². The third-order valence-corrected chi connectivity index (χ3v) is 4.71. The second-order valence-corrected chi connectivity index (χ2v) is 7.47. The van der Waals surface area contributed by atoms with E-state index in [1.54, 1.807) is 30.1 Å². The second-order valence-electron chi connectivity index (χ2n) is 7.04. The van der Waals surface area contributed by atoms with Crippen molar-refractivity contribution in [3.63, 3.8) is 0 Å². The van der Waals surface area contributed by atoms with Gasteiger partial charge in [-0.3, -0.25) is 14.5 Å². The van der Waals surface area contributed by atoms with Crippen molar-refractivity contribution >= 4 is 34.8 Å². The molecule has 2 aromatic carbocycles. The van der Waals surface area contributed by atoms with Crippen LogP contribution >= 0.6 is 11.6 Å². The fraction of sp³-hybridized carbons (Fsp3) is 0.238. The van der Waals surface area contributed by atoms with Gasteiger partial charge in [0.15, 0.2) is 0 Å². The fourth-order valence-corrected chi connectivity index (χ4v) is 3.24. The SMILES string of the molecule is Cc1cccc(C)c1NC(=O)CN(C)CC(=O)Nc1cc(Cl)ccc1-n1cncn1. The molecule has 8 nitrogen and oxygen atoms in total. The largest absolute Gasteiger partial charge is 0.324 e. The van der Waals surface area contributed by atoms with E-state index in [0.29, 0.717) is 16.4 Å². The first-order valence-corrected chi connectivity index (χ1v) is 9.70. The van der Waals surface area contributed by atoms with Gasteiger partial charge in [0.2, 0.25) is 11.8 Å². The molecule has 0 fully saturated rings. The summed E-state index contributed by atoms with van der Waals surface area (Å²) in [5.41, 5.74) is 3.93. The maximum atomic E-state index is 12.5. The van der Waals surface area contributed by atoms with E-state index in [2.05, 4.69) is 20.7 Å². The van der Waals surface area contributed by atoms with Crippen molar-refractivity contribution in [1.29, 1.82) is 0 Å². The van der Waals surface area contributed by atoms with Gasteiger partial charge in [0, 0.05) is 10.7 Å². The molecule has 0 radical (unpaired) electrons. The number of halogens is 1. The third-order valence-electron chi connectivity index (χ3n) is 4.47. The van der Waals surface area contributed by atoms with E-state index in [4.69, 9.17) is 11.6 Å². The smallest absolute Gasteiger partial charge is 0.238 e. The Balaban J connectivity index is 1.60. The molecule has 2 N–H and O–H groups in total. The zero-order chi connectivity index (χ0) is 21.7. The molecule has 2 amide bonds. The number of aromatic nitrogens is 3. The molecular weight excluding hydrogens is 404 g/mol. The Kier molecular flexibility index (Phi) is 6.81. The average Bonchev–Trinajstić information content (AvgIpc) is 3.19. The number of carbonyl (C=O) groups excluding carboxylic acids is 2. The number of carbonyl (C=O) groups is 2. The number of benzene rings is 2. The molecule has 0 saturated carbocycles. The Labute approximate surface area is 179 Å². The first-order valence-electron chi connectivity index (χ1n) is 9.32. The van der Waals surface area contributed by atoms with Crippen LogP contribution in [0.15, 0.2) is 49.1 Å². The lowest BCUT2D eigenvalue weighted by molar-refractivity contribution is -0.119. The number of rotatable bonds is 7. The van der Waals surface area contributed by atoms with Gasteiger partial charge in [-0.1, -0.05) is 29.8 Å². The number of nitrogens with zero attached hydrogens (tertiary/aromatic N) is 4. The highest BCUT2D eigenvalue weighted by atomic mass is 35.5. The first kappa shape index (κ1) is 21.5. The number of hydrogen-bond donors (Lipinski definition) is 2. The predicted octanol–water partition coefficient (Wildman–Crippen LogP) is 3.05. The zero-order valence-electron chi connectivity index (χ0n) is 17.0. The molecule has 0 bridgehead atoms. The summed E-state index contributed by atoms with van der Waals surface area (Å²) in [6.45, 7) is 3.99. The Morgan fingerprint density at radius 1 is 1.07 bits per heavy atom. The van der Waals surface area contributed by atoms with Crippen molar-refractivity contribution in [1.82, 2.24) is 19.7 Å². The quantitative estimate of drug-likeness (QED) is 0.605. The molecule has 1 heterocycles. The number of amides is 2. The molecular formula is C21H23ClN6O2. The molecule has 0 aliphatic carbocycles. The minimum absolute atomic E-state index is 0.0312. The molecule has 0 aliphatic heterocycles. The van der Waals surface area contributed by atoms with Gasteiger partial charge in [-0.15, -0.1) is 0 Å². The van der Waals surface area contributed by atoms with Crippen LogP contribution in [0.3, 0.4) is 0 Å². The lowest BCUT2D eigenvalue weighted by Crippen LogP contribution is -2.36. The molecule has 3 rings (SSSR count). The second kappa shape index (κ2) is 9.51. The average molecular weight is 427 g/mol. The normalized spacial score (nSPS) is 10.8. The summed E-state index contributed by atoms with van der Waals surface area (Å²) >= 11 is 6.08. The van der Waals surface area contributed by atoms with Crippen LogP contribution in [-0.4, -0.2) is 51.6 Å². The summed E-state index contributed by atoms with van der Waals surface area (Å²) < 4.78 is 1.54. The van der Waals surface area contributed by atoms with E-state index < -0.39 is 0 Å². The van der Waals surface area contributed by atoms with Gasteiger partial charge in [-0.25, -0.2) is 9.67 Å². The summed E-state index contributed by atoms with van der Waals surface area (Å²) in [6, 6.07) is 10.9. The monoisotopic (exact) mass is 426 g/mol. The Hall–Kier alpha value is -3.23. The summed E-state index contributed by atoms with van der Waals surface area (Å²) in [5, 5.41) is 10.3. The van der Waals surface area contributed by atoms with Gasteiger partial charge in [-0.2, -0.15) is 5.10 Å². The number of aryl methyl sites for hydroxylation is 2. The van der Waals surface area contributed by atoms with E-state index >= 15 is 0 Å². The molecule has 0 aliphatic rings. The van der Waals surface area contributed by atoms with Crippen molar-refractivity contribution in [3.8, 4) is 5.69 Å². The highest BCUT2D eigenvalue weighted by Gasteiger charge is 2.15. The van der Waals surface area contributed by atoms with Crippen LogP contribution in [0.2, 0.25) is 5.02 Å². The van der Waals surface area contributed by atoms with Gasteiger partial charge >= 0.3 is 0 Å².